The van der Waals surface area contributed by atoms with E-state index in [1.54, 1.807) is 30.3 Å². The Bertz CT molecular complexity index is 392. The second kappa shape index (κ2) is 6.44. The Labute approximate surface area is 95.3 Å². The molecule has 0 bridgehead atoms. The average Bonchev–Trinajstić information content (AvgIpc) is 2.35. The molecule has 1 rings (SSSR count). The van der Waals surface area contributed by atoms with Gasteiger partial charge in [0.2, 0.25) is 0 Å². The van der Waals surface area contributed by atoms with Gasteiger partial charge in [0, 0.05) is 5.56 Å². The van der Waals surface area contributed by atoms with Gasteiger partial charge in [0.05, 0.1) is 6.61 Å². The molecular formula is C13H13NO2. The third kappa shape index (κ3) is 3.26. The summed E-state index contributed by atoms with van der Waals surface area (Å²) < 4.78 is 0. The van der Waals surface area contributed by atoms with Gasteiger partial charge in [0.25, 0.3) is 5.91 Å². The number of hydrogen-bond acceptors (Lipinski definition) is 2. The van der Waals surface area contributed by atoms with Crippen molar-refractivity contribution in [1.29, 1.82) is 0 Å². The molecule has 0 heterocycles. The fraction of sp³-hybridized carbons (Fsp3) is 0.154. The Morgan fingerprint density at radius 3 is 2.75 bits per heavy atom. The summed E-state index contributed by atoms with van der Waals surface area (Å²) in [5.74, 6) is 2.12. The van der Waals surface area contributed by atoms with Gasteiger partial charge in [-0.1, -0.05) is 30.2 Å². The first-order valence-electron chi connectivity index (χ1n) is 4.83. The van der Waals surface area contributed by atoms with Crippen LogP contribution in [0.2, 0.25) is 0 Å². The third-order valence-electron chi connectivity index (χ3n) is 1.83. The molecule has 16 heavy (non-hydrogen) atoms. The Balaban J connectivity index is 2.75. The van der Waals surface area contributed by atoms with Crippen LogP contribution in [-0.4, -0.2) is 24.1 Å². The van der Waals surface area contributed by atoms with Crippen molar-refractivity contribution in [1.82, 2.24) is 5.06 Å². The highest BCUT2D eigenvalue weighted by Crippen LogP contribution is 2.04. The van der Waals surface area contributed by atoms with Gasteiger partial charge in [-0.25, -0.2) is 5.06 Å². The van der Waals surface area contributed by atoms with Crippen LogP contribution in [0.4, 0.5) is 0 Å². The van der Waals surface area contributed by atoms with Crippen LogP contribution in [0.15, 0.2) is 43.0 Å². The van der Waals surface area contributed by atoms with Crippen molar-refractivity contribution in [3.63, 3.8) is 0 Å². The van der Waals surface area contributed by atoms with E-state index in [9.17, 15) is 4.79 Å². The van der Waals surface area contributed by atoms with Gasteiger partial charge in [-0.05, 0) is 12.1 Å². The van der Waals surface area contributed by atoms with Gasteiger partial charge >= 0.3 is 0 Å². The molecule has 1 aromatic rings. The van der Waals surface area contributed by atoms with Crippen LogP contribution in [0.5, 0.6) is 0 Å². The molecule has 1 aromatic carbocycles. The molecule has 82 valence electrons. The van der Waals surface area contributed by atoms with Crippen molar-refractivity contribution in [2.75, 3.05) is 13.2 Å². The molecule has 0 saturated heterocycles. The highest BCUT2D eigenvalue weighted by molar-refractivity contribution is 5.93. The molecule has 0 aliphatic carbocycles. The van der Waals surface area contributed by atoms with E-state index in [0.717, 1.165) is 5.06 Å². The number of amides is 1. The van der Waals surface area contributed by atoms with Gasteiger partial charge in [0.15, 0.2) is 0 Å². The van der Waals surface area contributed by atoms with Crippen LogP contribution in [-0.2, 0) is 4.84 Å². The molecule has 0 fully saturated rings. The summed E-state index contributed by atoms with van der Waals surface area (Å²) in [6.45, 7) is 3.87. The first-order valence-corrected chi connectivity index (χ1v) is 4.83. The number of hydrogen-bond donors (Lipinski definition) is 0. The van der Waals surface area contributed by atoms with Crippen molar-refractivity contribution in [2.45, 2.75) is 0 Å². The lowest BCUT2D eigenvalue weighted by molar-refractivity contribution is -0.103. The monoisotopic (exact) mass is 215 g/mol. The van der Waals surface area contributed by atoms with Crippen molar-refractivity contribution in [3.8, 4) is 12.3 Å². The third-order valence-corrected chi connectivity index (χ3v) is 1.83. The van der Waals surface area contributed by atoms with Gasteiger partial charge in [-0.3, -0.25) is 9.63 Å². The zero-order valence-corrected chi connectivity index (χ0v) is 8.93. The number of rotatable bonds is 5. The van der Waals surface area contributed by atoms with Crippen LogP contribution >= 0.6 is 0 Å². The number of hydroxylamine groups is 2. The minimum Gasteiger partial charge on any atom is -0.267 e. The molecule has 0 aromatic heterocycles. The van der Waals surface area contributed by atoms with E-state index in [1.165, 1.54) is 0 Å². The van der Waals surface area contributed by atoms with Crippen LogP contribution in [0.3, 0.4) is 0 Å². The number of carbonyl (C=O) groups is 1. The van der Waals surface area contributed by atoms with E-state index in [4.69, 9.17) is 11.3 Å². The predicted octanol–water partition coefficient (Wildman–Crippen LogP) is 1.88. The van der Waals surface area contributed by atoms with Gasteiger partial charge < -0.3 is 0 Å². The summed E-state index contributed by atoms with van der Waals surface area (Å²) in [5, 5.41) is 1.15. The maximum atomic E-state index is 11.9. The van der Waals surface area contributed by atoms with Crippen LogP contribution in [0.25, 0.3) is 0 Å². The topological polar surface area (TPSA) is 29.5 Å². The van der Waals surface area contributed by atoms with Gasteiger partial charge in [-0.2, -0.15) is 0 Å². The maximum absolute atomic E-state index is 11.9. The van der Waals surface area contributed by atoms with Gasteiger partial charge in [-0.15, -0.1) is 13.0 Å². The molecule has 3 heteroatoms. The normalized spacial score (nSPS) is 9.19. The lowest BCUT2D eigenvalue weighted by Gasteiger charge is -2.18. The highest BCUT2D eigenvalue weighted by atomic mass is 16.7. The average molecular weight is 215 g/mol. The van der Waals surface area contributed by atoms with Crippen molar-refractivity contribution >= 4 is 5.91 Å². The lowest BCUT2D eigenvalue weighted by Crippen LogP contribution is -2.31. The summed E-state index contributed by atoms with van der Waals surface area (Å²) >= 11 is 0. The SMILES string of the molecule is C#CCN(OCC=C)C(=O)c1ccccc1. The second-order valence-electron chi connectivity index (χ2n) is 3.00. The zero-order valence-electron chi connectivity index (χ0n) is 8.93. The zero-order chi connectivity index (χ0) is 11.8. The predicted molar refractivity (Wildman–Crippen MR) is 62.5 cm³/mol. The summed E-state index contributed by atoms with van der Waals surface area (Å²) in [7, 11) is 0. The minimum absolute atomic E-state index is 0.113. The first kappa shape index (κ1) is 12.0. The fourth-order valence-electron chi connectivity index (χ4n) is 1.13. The molecule has 0 unspecified atom stereocenters. The largest absolute Gasteiger partial charge is 0.278 e. The van der Waals surface area contributed by atoms with E-state index in [0.29, 0.717) is 5.56 Å². The number of carbonyl (C=O) groups excluding carboxylic acids is 1. The highest BCUT2D eigenvalue weighted by Gasteiger charge is 2.14. The first-order chi connectivity index (χ1) is 7.79. The molecule has 3 nitrogen and oxygen atoms in total. The summed E-state index contributed by atoms with van der Waals surface area (Å²) in [6.07, 6.45) is 6.72. The number of benzene rings is 1. The molecule has 0 aliphatic heterocycles. The summed E-state index contributed by atoms with van der Waals surface area (Å²) in [5.41, 5.74) is 0.543. The molecular weight excluding hydrogens is 202 g/mol. The van der Waals surface area contributed by atoms with Crippen LogP contribution in [0.1, 0.15) is 10.4 Å². The minimum atomic E-state index is -0.250. The van der Waals surface area contributed by atoms with Crippen molar-refractivity contribution in [3.05, 3.63) is 48.6 Å². The number of terminal acetylenes is 1. The summed E-state index contributed by atoms with van der Waals surface area (Å²) in [6, 6.07) is 8.84. The summed E-state index contributed by atoms with van der Waals surface area (Å²) in [4.78, 5) is 17.1. The lowest BCUT2D eigenvalue weighted by atomic mass is 10.2. The Hall–Kier alpha value is -2.05. The smallest absolute Gasteiger partial charge is 0.267 e. The number of nitrogens with zero attached hydrogens (tertiary/aromatic N) is 1. The molecule has 1 amide bonds. The van der Waals surface area contributed by atoms with Crippen molar-refractivity contribution < 1.29 is 9.63 Å². The molecule has 0 aliphatic rings. The van der Waals surface area contributed by atoms with E-state index >= 15 is 0 Å². The second-order valence-corrected chi connectivity index (χ2v) is 3.00. The standard InChI is InChI=1S/C13H13NO2/c1-3-10-14(16-11-4-2)13(15)12-8-6-5-7-9-12/h1,4-9H,2,10-11H2. The van der Waals surface area contributed by atoms with E-state index in [2.05, 4.69) is 12.5 Å². The van der Waals surface area contributed by atoms with Crippen LogP contribution < -0.4 is 0 Å². The Kier molecular flexibility index (Phi) is 4.84. The van der Waals surface area contributed by atoms with E-state index in [-0.39, 0.29) is 19.1 Å². The van der Waals surface area contributed by atoms with E-state index in [1.807, 2.05) is 6.07 Å². The molecule has 0 atom stereocenters. The Morgan fingerprint density at radius 2 is 2.19 bits per heavy atom. The molecule has 0 N–H and O–H groups in total. The van der Waals surface area contributed by atoms with Crippen molar-refractivity contribution in [2.24, 2.45) is 0 Å². The van der Waals surface area contributed by atoms with Crippen LogP contribution in [0, 0.1) is 12.3 Å². The molecule has 0 saturated carbocycles. The van der Waals surface area contributed by atoms with E-state index < -0.39 is 0 Å². The molecule has 0 radical (unpaired) electrons. The quantitative estimate of drug-likeness (QED) is 0.426. The maximum Gasteiger partial charge on any atom is 0.278 e. The fourth-order valence-corrected chi connectivity index (χ4v) is 1.13. The molecule has 0 spiro atoms. The van der Waals surface area contributed by atoms with Gasteiger partial charge in [0.1, 0.15) is 6.54 Å². The Morgan fingerprint density at radius 1 is 1.50 bits per heavy atom.